The molecular formula is C25H19F3N6O. The van der Waals surface area contributed by atoms with E-state index in [-0.39, 0.29) is 17.7 Å². The number of aromatic nitrogens is 4. The van der Waals surface area contributed by atoms with Crippen LogP contribution in [0.2, 0.25) is 0 Å². The number of fused-ring (bicyclic) bond motifs is 2. The maximum absolute atomic E-state index is 14.0. The highest BCUT2D eigenvalue weighted by atomic mass is 19.2. The Balaban J connectivity index is 1.20. The Kier molecular flexibility index (Phi) is 5.09. The number of rotatable bonds is 3. The van der Waals surface area contributed by atoms with Crippen molar-refractivity contribution in [3.8, 4) is 11.4 Å². The smallest absolute Gasteiger partial charge is 0.254 e. The van der Waals surface area contributed by atoms with Crippen molar-refractivity contribution in [2.45, 2.75) is 0 Å². The van der Waals surface area contributed by atoms with Gasteiger partial charge in [0.25, 0.3) is 5.91 Å². The van der Waals surface area contributed by atoms with Crippen molar-refractivity contribution in [2.75, 3.05) is 31.1 Å². The molecule has 0 bridgehead atoms. The Bertz CT molecular complexity index is 1440. The molecule has 2 aliphatic heterocycles. The van der Waals surface area contributed by atoms with E-state index in [0.29, 0.717) is 60.0 Å². The zero-order chi connectivity index (χ0) is 24.1. The molecule has 35 heavy (non-hydrogen) atoms. The van der Waals surface area contributed by atoms with E-state index in [0.717, 1.165) is 12.1 Å². The second-order valence-electron chi connectivity index (χ2n) is 8.88. The fourth-order valence-corrected chi connectivity index (χ4v) is 4.99. The monoisotopic (exact) mass is 476 g/mol. The Labute approximate surface area is 198 Å². The Morgan fingerprint density at radius 2 is 1.54 bits per heavy atom. The fraction of sp³-hybridized carbons (Fsp3) is 0.240. The predicted octanol–water partition coefficient (Wildman–Crippen LogP) is 3.71. The summed E-state index contributed by atoms with van der Waals surface area (Å²) in [6.07, 6.45) is 4.67. The highest BCUT2D eigenvalue weighted by molar-refractivity contribution is 6.00. The summed E-state index contributed by atoms with van der Waals surface area (Å²) in [6.45, 7) is 2.42. The third-order valence-corrected chi connectivity index (χ3v) is 6.69. The van der Waals surface area contributed by atoms with E-state index in [9.17, 15) is 18.0 Å². The molecule has 2 aliphatic rings. The van der Waals surface area contributed by atoms with Crippen molar-refractivity contribution >= 4 is 22.8 Å². The van der Waals surface area contributed by atoms with Crippen LogP contribution in [0.4, 0.5) is 19.0 Å². The van der Waals surface area contributed by atoms with E-state index in [1.54, 1.807) is 29.6 Å². The average molecular weight is 476 g/mol. The summed E-state index contributed by atoms with van der Waals surface area (Å²) < 4.78 is 41.1. The second kappa shape index (κ2) is 8.30. The van der Waals surface area contributed by atoms with Crippen LogP contribution in [0, 0.1) is 29.3 Å². The SMILES string of the molecule is O=C(c1ccc(F)cc1-c1ncccn1)N1CC2CN(c3cnc4cc(F)c(F)cc4n3)CC2C1. The number of likely N-dealkylation sites (tertiary alicyclic amines) is 1. The largest absolute Gasteiger partial charge is 0.355 e. The first kappa shape index (κ1) is 21.5. The van der Waals surface area contributed by atoms with Crippen LogP contribution in [0.15, 0.2) is 55.0 Å². The molecule has 4 aromatic rings. The molecule has 2 unspecified atom stereocenters. The topological polar surface area (TPSA) is 75.1 Å². The summed E-state index contributed by atoms with van der Waals surface area (Å²) >= 11 is 0. The number of nitrogens with zero attached hydrogens (tertiary/aromatic N) is 6. The van der Waals surface area contributed by atoms with Gasteiger partial charge in [0.2, 0.25) is 0 Å². The minimum Gasteiger partial charge on any atom is -0.355 e. The molecule has 7 nitrogen and oxygen atoms in total. The van der Waals surface area contributed by atoms with Crippen LogP contribution in [-0.2, 0) is 0 Å². The summed E-state index contributed by atoms with van der Waals surface area (Å²) in [7, 11) is 0. The number of carbonyl (C=O) groups is 1. The van der Waals surface area contributed by atoms with Gasteiger partial charge in [-0.3, -0.25) is 9.78 Å². The summed E-state index contributed by atoms with van der Waals surface area (Å²) in [5.74, 6) is -1.23. The van der Waals surface area contributed by atoms with Gasteiger partial charge in [-0.1, -0.05) is 0 Å². The zero-order valence-electron chi connectivity index (χ0n) is 18.4. The lowest BCUT2D eigenvalue weighted by atomic mass is 10.0. The van der Waals surface area contributed by atoms with Gasteiger partial charge in [-0.25, -0.2) is 28.1 Å². The van der Waals surface area contributed by atoms with Gasteiger partial charge in [0.15, 0.2) is 17.5 Å². The molecule has 6 rings (SSSR count). The fourth-order valence-electron chi connectivity index (χ4n) is 4.99. The van der Waals surface area contributed by atoms with E-state index in [1.165, 1.54) is 18.2 Å². The number of halogens is 3. The summed E-state index contributed by atoms with van der Waals surface area (Å²) in [6, 6.07) is 7.78. The first-order valence-corrected chi connectivity index (χ1v) is 11.2. The molecule has 2 saturated heterocycles. The van der Waals surface area contributed by atoms with Crippen LogP contribution >= 0.6 is 0 Å². The maximum atomic E-state index is 14.0. The standard InChI is InChI=1S/C25H19F3N6O/c26-16-2-3-17(18(6-16)24-29-4-1-5-30-24)25(35)34-12-14-10-33(11-15(14)13-34)23-9-31-21-7-19(27)20(28)8-22(21)32-23/h1-9,14-15H,10-13H2. The van der Waals surface area contributed by atoms with Crippen LogP contribution in [0.3, 0.4) is 0 Å². The van der Waals surface area contributed by atoms with E-state index in [1.807, 2.05) is 0 Å². The normalized spacial score (nSPS) is 19.4. The van der Waals surface area contributed by atoms with Crippen LogP contribution in [0.1, 0.15) is 10.4 Å². The molecule has 0 saturated carbocycles. The number of benzene rings is 2. The second-order valence-corrected chi connectivity index (χ2v) is 8.88. The Hall–Kier alpha value is -4.08. The van der Waals surface area contributed by atoms with Gasteiger partial charge < -0.3 is 9.80 Å². The van der Waals surface area contributed by atoms with E-state index < -0.39 is 17.5 Å². The molecule has 4 heterocycles. The van der Waals surface area contributed by atoms with Gasteiger partial charge >= 0.3 is 0 Å². The molecule has 0 N–H and O–H groups in total. The van der Waals surface area contributed by atoms with Gasteiger partial charge in [0, 0.05) is 68.1 Å². The van der Waals surface area contributed by atoms with Crippen LogP contribution in [0.5, 0.6) is 0 Å². The summed E-state index contributed by atoms with van der Waals surface area (Å²) in [4.78, 5) is 34.3. The maximum Gasteiger partial charge on any atom is 0.254 e. The minimum atomic E-state index is -0.961. The highest BCUT2D eigenvalue weighted by Crippen LogP contribution is 2.35. The lowest BCUT2D eigenvalue weighted by Gasteiger charge is -2.23. The third kappa shape index (κ3) is 3.84. The predicted molar refractivity (Wildman–Crippen MR) is 122 cm³/mol. The van der Waals surface area contributed by atoms with E-state index in [2.05, 4.69) is 24.8 Å². The molecular weight excluding hydrogens is 457 g/mol. The Morgan fingerprint density at radius 1 is 0.857 bits per heavy atom. The average Bonchev–Trinajstić information content (AvgIpc) is 3.44. The number of amides is 1. The molecule has 2 aromatic heterocycles. The quantitative estimate of drug-likeness (QED) is 0.449. The van der Waals surface area contributed by atoms with Gasteiger partial charge in [-0.2, -0.15) is 0 Å². The lowest BCUT2D eigenvalue weighted by molar-refractivity contribution is 0.0783. The lowest BCUT2D eigenvalue weighted by Crippen LogP contribution is -2.33. The van der Waals surface area contributed by atoms with E-state index in [4.69, 9.17) is 0 Å². The van der Waals surface area contributed by atoms with Crippen molar-refractivity contribution in [2.24, 2.45) is 11.8 Å². The zero-order valence-corrected chi connectivity index (χ0v) is 18.4. The van der Waals surface area contributed by atoms with Crippen molar-refractivity contribution in [3.63, 3.8) is 0 Å². The van der Waals surface area contributed by atoms with Crippen molar-refractivity contribution < 1.29 is 18.0 Å². The molecule has 176 valence electrons. The van der Waals surface area contributed by atoms with Gasteiger partial charge in [-0.15, -0.1) is 0 Å². The van der Waals surface area contributed by atoms with Gasteiger partial charge in [-0.05, 0) is 24.3 Å². The number of carbonyl (C=O) groups excluding carboxylic acids is 1. The number of hydrogen-bond acceptors (Lipinski definition) is 6. The van der Waals surface area contributed by atoms with Crippen LogP contribution in [-0.4, -0.2) is 56.9 Å². The van der Waals surface area contributed by atoms with Crippen LogP contribution in [0.25, 0.3) is 22.4 Å². The van der Waals surface area contributed by atoms with Crippen molar-refractivity contribution in [1.29, 1.82) is 0 Å². The number of anilines is 1. The first-order valence-electron chi connectivity index (χ1n) is 11.2. The third-order valence-electron chi connectivity index (χ3n) is 6.69. The molecule has 2 fully saturated rings. The Morgan fingerprint density at radius 3 is 2.26 bits per heavy atom. The minimum absolute atomic E-state index is 0.184. The van der Waals surface area contributed by atoms with E-state index >= 15 is 0 Å². The molecule has 1 amide bonds. The summed E-state index contributed by atoms with van der Waals surface area (Å²) in [5, 5.41) is 0. The molecule has 0 aliphatic carbocycles. The number of hydrogen-bond donors (Lipinski definition) is 0. The highest BCUT2D eigenvalue weighted by Gasteiger charge is 2.42. The van der Waals surface area contributed by atoms with Crippen LogP contribution < -0.4 is 4.90 Å². The summed E-state index contributed by atoms with van der Waals surface area (Å²) in [5.41, 5.74) is 1.32. The van der Waals surface area contributed by atoms with Gasteiger partial charge in [0.1, 0.15) is 11.6 Å². The molecule has 0 spiro atoms. The van der Waals surface area contributed by atoms with Crippen molar-refractivity contribution in [3.05, 3.63) is 78.0 Å². The van der Waals surface area contributed by atoms with Gasteiger partial charge in [0.05, 0.1) is 22.8 Å². The first-order chi connectivity index (χ1) is 17.0. The molecule has 2 atom stereocenters. The molecule has 0 radical (unpaired) electrons. The molecule has 2 aromatic carbocycles. The van der Waals surface area contributed by atoms with Crippen molar-refractivity contribution in [1.82, 2.24) is 24.8 Å². The molecule has 10 heteroatoms.